The van der Waals surface area contributed by atoms with Crippen molar-refractivity contribution in [3.63, 3.8) is 0 Å². The summed E-state index contributed by atoms with van der Waals surface area (Å²) < 4.78 is 9.84. The lowest BCUT2D eigenvalue weighted by molar-refractivity contribution is -0.144. The Hall–Kier alpha value is -1.06. The van der Waals surface area contributed by atoms with Crippen molar-refractivity contribution >= 4 is 11.9 Å². The average Bonchev–Trinajstić information content (AvgIpc) is 2.40. The lowest BCUT2D eigenvalue weighted by atomic mass is 10.1. The predicted octanol–water partition coefficient (Wildman–Crippen LogP) is 4.51. The molecule has 0 rings (SSSR count). The molecule has 0 aliphatic heterocycles. The van der Waals surface area contributed by atoms with Crippen molar-refractivity contribution in [3.05, 3.63) is 0 Å². The number of carbonyl (C=O) groups excluding carboxylic acids is 2. The van der Waals surface area contributed by atoms with E-state index in [9.17, 15) is 9.59 Å². The van der Waals surface area contributed by atoms with Gasteiger partial charge in [0.25, 0.3) is 0 Å². The van der Waals surface area contributed by atoms with E-state index in [0.717, 1.165) is 32.1 Å². The second-order valence-corrected chi connectivity index (χ2v) is 5.48. The first-order valence-electron chi connectivity index (χ1n) is 8.29. The fourth-order valence-electron chi connectivity index (χ4n) is 1.29. The van der Waals surface area contributed by atoms with E-state index in [4.69, 9.17) is 9.47 Å². The van der Waals surface area contributed by atoms with Gasteiger partial charge in [-0.25, -0.2) is 0 Å². The Bertz CT molecular complexity index is 249. The minimum absolute atomic E-state index is 0.0593. The van der Waals surface area contributed by atoms with Crippen LogP contribution in [-0.4, -0.2) is 25.2 Å². The molecule has 0 aromatic carbocycles. The molecule has 21 heavy (non-hydrogen) atoms. The SMILES string of the molecule is CCCC(=O)OCCC(C)C.CCCCOC(=O)CCC. The van der Waals surface area contributed by atoms with Gasteiger partial charge in [0.2, 0.25) is 0 Å². The number of ether oxygens (including phenoxy) is 2. The molecule has 0 radical (unpaired) electrons. The summed E-state index contributed by atoms with van der Waals surface area (Å²) in [6.45, 7) is 11.4. The van der Waals surface area contributed by atoms with Crippen LogP contribution in [0.1, 0.15) is 79.6 Å². The second-order valence-electron chi connectivity index (χ2n) is 5.48. The van der Waals surface area contributed by atoms with Gasteiger partial charge in [0, 0.05) is 12.8 Å². The molecule has 0 unspecified atom stereocenters. The molecule has 0 aromatic heterocycles. The minimum Gasteiger partial charge on any atom is -0.466 e. The Morgan fingerprint density at radius 1 is 0.810 bits per heavy atom. The number of esters is 2. The van der Waals surface area contributed by atoms with Crippen LogP contribution in [0, 0.1) is 5.92 Å². The molecule has 0 amide bonds. The average molecular weight is 302 g/mol. The normalized spacial score (nSPS) is 9.81. The molecular formula is C17H34O4. The van der Waals surface area contributed by atoms with E-state index in [1.54, 1.807) is 0 Å². The van der Waals surface area contributed by atoms with E-state index >= 15 is 0 Å². The zero-order chi connectivity index (χ0) is 16.5. The van der Waals surface area contributed by atoms with E-state index < -0.39 is 0 Å². The number of hydrogen-bond donors (Lipinski definition) is 0. The maximum Gasteiger partial charge on any atom is 0.305 e. The molecule has 0 bridgehead atoms. The van der Waals surface area contributed by atoms with Crippen molar-refractivity contribution in [1.82, 2.24) is 0 Å². The molecule has 0 saturated carbocycles. The summed E-state index contributed by atoms with van der Waals surface area (Å²) in [4.78, 5) is 21.5. The van der Waals surface area contributed by atoms with E-state index in [2.05, 4.69) is 20.8 Å². The van der Waals surface area contributed by atoms with Crippen LogP contribution in [0.25, 0.3) is 0 Å². The van der Waals surface area contributed by atoms with Crippen molar-refractivity contribution in [2.75, 3.05) is 13.2 Å². The maximum atomic E-state index is 10.8. The third-order valence-electron chi connectivity index (χ3n) is 2.63. The molecule has 0 aliphatic rings. The minimum atomic E-state index is -0.0619. The molecule has 0 aromatic rings. The third-order valence-corrected chi connectivity index (χ3v) is 2.63. The van der Waals surface area contributed by atoms with Gasteiger partial charge < -0.3 is 9.47 Å². The number of hydrogen-bond acceptors (Lipinski definition) is 4. The molecule has 126 valence electrons. The molecule has 4 nitrogen and oxygen atoms in total. The van der Waals surface area contributed by atoms with Gasteiger partial charge in [-0.2, -0.15) is 0 Å². The van der Waals surface area contributed by atoms with Crippen LogP contribution in [-0.2, 0) is 19.1 Å². The van der Waals surface area contributed by atoms with Gasteiger partial charge in [-0.1, -0.05) is 41.0 Å². The molecule has 0 N–H and O–H groups in total. The summed E-state index contributed by atoms with van der Waals surface area (Å²) in [5, 5.41) is 0. The summed E-state index contributed by atoms with van der Waals surface area (Å²) in [6, 6.07) is 0. The molecule has 4 heteroatoms. The number of rotatable bonds is 10. The van der Waals surface area contributed by atoms with E-state index in [1.165, 1.54) is 0 Å². The Balaban J connectivity index is 0. The highest BCUT2D eigenvalue weighted by Gasteiger charge is 2.00. The van der Waals surface area contributed by atoms with Gasteiger partial charge in [0.15, 0.2) is 0 Å². The topological polar surface area (TPSA) is 52.6 Å². The Morgan fingerprint density at radius 3 is 1.67 bits per heavy atom. The molecule has 0 fully saturated rings. The van der Waals surface area contributed by atoms with E-state index in [1.807, 2.05) is 13.8 Å². The Labute approximate surface area is 130 Å². The smallest absolute Gasteiger partial charge is 0.305 e. The summed E-state index contributed by atoms with van der Waals surface area (Å²) in [5.74, 6) is 0.494. The standard InChI is InChI=1S/C9H18O2.C8H16O2/c1-4-5-9(10)11-7-6-8(2)3;1-3-5-7-10-8(9)6-4-2/h8H,4-7H2,1-3H3;3-7H2,1-2H3. The first kappa shape index (κ1) is 22.2. The van der Waals surface area contributed by atoms with Gasteiger partial charge in [0.1, 0.15) is 0 Å². The zero-order valence-electron chi connectivity index (χ0n) is 14.6. The fraction of sp³-hybridized carbons (Fsp3) is 0.882. The molecule has 0 spiro atoms. The maximum absolute atomic E-state index is 10.8. The highest BCUT2D eigenvalue weighted by atomic mass is 16.5. The van der Waals surface area contributed by atoms with Gasteiger partial charge in [-0.05, 0) is 31.6 Å². The van der Waals surface area contributed by atoms with E-state index in [0.29, 0.717) is 32.0 Å². The molecule has 0 saturated heterocycles. The highest BCUT2D eigenvalue weighted by Crippen LogP contribution is 2.00. The summed E-state index contributed by atoms with van der Waals surface area (Å²) >= 11 is 0. The predicted molar refractivity (Wildman–Crippen MR) is 86.1 cm³/mol. The second kappa shape index (κ2) is 17.0. The van der Waals surface area contributed by atoms with Crippen molar-refractivity contribution < 1.29 is 19.1 Å². The highest BCUT2D eigenvalue weighted by molar-refractivity contribution is 5.69. The van der Waals surface area contributed by atoms with Crippen LogP contribution < -0.4 is 0 Å². The van der Waals surface area contributed by atoms with Crippen LogP contribution in [0.3, 0.4) is 0 Å². The van der Waals surface area contributed by atoms with Gasteiger partial charge in [0.05, 0.1) is 13.2 Å². The van der Waals surface area contributed by atoms with Gasteiger partial charge in [-0.15, -0.1) is 0 Å². The third kappa shape index (κ3) is 21.4. The van der Waals surface area contributed by atoms with Crippen molar-refractivity contribution in [2.24, 2.45) is 5.92 Å². The first-order valence-corrected chi connectivity index (χ1v) is 8.29. The molecule has 0 heterocycles. The van der Waals surface area contributed by atoms with Gasteiger partial charge >= 0.3 is 11.9 Å². The van der Waals surface area contributed by atoms with Crippen molar-refractivity contribution in [1.29, 1.82) is 0 Å². The Kier molecular flexibility index (Phi) is 18.0. The van der Waals surface area contributed by atoms with Crippen LogP contribution >= 0.6 is 0 Å². The quantitative estimate of drug-likeness (QED) is 0.440. The van der Waals surface area contributed by atoms with Crippen LogP contribution in [0.2, 0.25) is 0 Å². The first-order chi connectivity index (χ1) is 9.97. The summed E-state index contributed by atoms with van der Waals surface area (Å²) in [6.07, 6.45) is 5.90. The lowest BCUT2D eigenvalue weighted by Crippen LogP contribution is -2.06. The largest absolute Gasteiger partial charge is 0.466 e. The Morgan fingerprint density at radius 2 is 1.29 bits per heavy atom. The lowest BCUT2D eigenvalue weighted by Gasteiger charge is -2.05. The van der Waals surface area contributed by atoms with Gasteiger partial charge in [-0.3, -0.25) is 9.59 Å². The molecular weight excluding hydrogens is 268 g/mol. The monoisotopic (exact) mass is 302 g/mol. The fourth-order valence-corrected chi connectivity index (χ4v) is 1.29. The van der Waals surface area contributed by atoms with Crippen LogP contribution in [0.4, 0.5) is 0 Å². The summed E-state index contributed by atoms with van der Waals surface area (Å²) in [7, 11) is 0. The van der Waals surface area contributed by atoms with Crippen LogP contribution in [0.5, 0.6) is 0 Å². The number of carbonyl (C=O) groups is 2. The molecule has 0 aliphatic carbocycles. The summed E-state index contributed by atoms with van der Waals surface area (Å²) in [5.41, 5.74) is 0. The van der Waals surface area contributed by atoms with E-state index in [-0.39, 0.29) is 11.9 Å². The van der Waals surface area contributed by atoms with Crippen LogP contribution in [0.15, 0.2) is 0 Å². The molecule has 0 atom stereocenters. The number of unbranched alkanes of at least 4 members (excludes halogenated alkanes) is 1. The van der Waals surface area contributed by atoms with Crippen molar-refractivity contribution in [3.8, 4) is 0 Å². The zero-order valence-corrected chi connectivity index (χ0v) is 14.6. The van der Waals surface area contributed by atoms with Crippen molar-refractivity contribution in [2.45, 2.75) is 79.6 Å².